The highest BCUT2D eigenvalue weighted by molar-refractivity contribution is 9.10. The molecule has 0 radical (unpaired) electrons. The number of carbonyl (C=O) groups excluding carboxylic acids is 1. The molecule has 1 aliphatic rings. The molecule has 0 bridgehead atoms. The largest absolute Gasteiger partial charge is 0.324 e. The molecule has 1 aliphatic heterocycles. The fourth-order valence-electron chi connectivity index (χ4n) is 1.99. The highest BCUT2D eigenvalue weighted by atomic mass is 79.9. The number of anilines is 1. The monoisotopic (exact) mass is 352 g/mol. The average Bonchev–Trinajstić information content (AvgIpc) is 2.69. The van der Waals surface area contributed by atoms with Crippen molar-refractivity contribution in [2.24, 2.45) is 5.73 Å². The average molecular weight is 353 g/mol. The zero-order valence-corrected chi connectivity index (χ0v) is 12.6. The van der Waals surface area contributed by atoms with E-state index in [1.165, 1.54) is 23.9 Å². The van der Waals surface area contributed by atoms with Gasteiger partial charge in [-0.15, -0.1) is 0 Å². The summed E-state index contributed by atoms with van der Waals surface area (Å²) in [7, 11) is 0. The Balaban J connectivity index is 1.94. The lowest BCUT2D eigenvalue weighted by molar-refractivity contribution is -0.116. The molecule has 1 heterocycles. The summed E-state index contributed by atoms with van der Waals surface area (Å²) in [6.45, 7) is 0. The smallest absolute Gasteiger partial charge is 0.245 e. The van der Waals surface area contributed by atoms with Gasteiger partial charge in [-0.1, -0.05) is 11.8 Å². The van der Waals surface area contributed by atoms with E-state index in [1.807, 2.05) is 12.1 Å². The molecule has 6 heteroatoms. The van der Waals surface area contributed by atoms with Crippen LogP contribution in [0.4, 0.5) is 10.1 Å². The van der Waals surface area contributed by atoms with Crippen LogP contribution in [0.1, 0.15) is 11.6 Å². The molecule has 3 nitrogen and oxygen atoms in total. The van der Waals surface area contributed by atoms with Gasteiger partial charge in [0.1, 0.15) is 11.9 Å². The molecule has 2 aromatic rings. The first kappa shape index (κ1) is 13.6. The highest BCUT2D eigenvalue weighted by Crippen LogP contribution is 2.40. The number of nitrogens with two attached hydrogens (primary N) is 1. The zero-order chi connectivity index (χ0) is 14.3. The van der Waals surface area contributed by atoms with Gasteiger partial charge in [-0.25, -0.2) is 4.39 Å². The van der Waals surface area contributed by atoms with Crippen molar-refractivity contribution in [1.29, 1.82) is 0 Å². The minimum atomic E-state index is -0.619. The van der Waals surface area contributed by atoms with Gasteiger partial charge in [0.15, 0.2) is 0 Å². The van der Waals surface area contributed by atoms with Gasteiger partial charge in [-0.2, -0.15) is 0 Å². The van der Waals surface area contributed by atoms with Crippen molar-refractivity contribution in [3.8, 4) is 0 Å². The summed E-state index contributed by atoms with van der Waals surface area (Å²) in [5.41, 5.74) is 7.31. The Morgan fingerprint density at radius 1 is 1.25 bits per heavy atom. The second kappa shape index (κ2) is 5.20. The van der Waals surface area contributed by atoms with E-state index in [4.69, 9.17) is 5.73 Å². The van der Waals surface area contributed by atoms with Crippen molar-refractivity contribution in [2.75, 3.05) is 5.32 Å². The van der Waals surface area contributed by atoms with Crippen molar-refractivity contribution < 1.29 is 9.18 Å². The summed E-state index contributed by atoms with van der Waals surface area (Å²) in [5.74, 6) is -0.462. The second-order valence-corrected chi connectivity index (χ2v) is 6.36. The van der Waals surface area contributed by atoms with Crippen LogP contribution in [0.15, 0.2) is 50.7 Å². The molecular formula is C14H10BrFN2OS. The van der Waals surface area contributed by atoms with Crippen molar-refractivity contribution in [2.45, 2.75) is 15.8 Å². The minimum Gasteiger partial charge on any atom is -0.324 e. The van der Waals surface area contributed by atoms with E-state index in [-0.39, 0.29) is 11.7 Å². The van der Waals surface area contributed by atoms with Crippen LogP contribution in [0.5, 0.6) is 0 Å². The molecule has 0 aliphatic carbocycles. The van der Waals surface area contributed by atoms with Gasteiger partial charge in [0, 0.05) is 25.5 Å². The third-order valence-corrected chi connectivity index (χ3v) is 5.00. The first-order valence-corrected chi connectivity index (χ1v) is 7.49. The number of hydrogen-bond acceptors (Lipinski definition) is 3. The lowest BCUT2D eigenvalue weighted by Crippen LogP contribution is -2.19. The van der Waals surface area contributed by atoms with E-state index in [2.05, 4.69) is 21.2 Å². The minimum absolute atomic E-state index is 0.198. The van der Waals surface area contributed by atoms with E-state index in [1.54, 1.807) is 12.1 Å². The van der Waals surface area contributed by atoms with Gasteiger partial charge in [0.25, 0.3) is 0 Å². The Morgan fingerprint density at radius 2 is 1.95 bits per heavy atom. The first-order valence-electron chi connectivity index (χ1n) is 5.88. The maximum Gasteiger partial charge on any atom is 0.245 e. The lowest BCUT2D eigenvalue weighted by atomic mass is 10.1. The van der Waals surface area contributed by atoms with E-state index in [0.717, 1.165) is 25.5 Å². The molecule has 20 heavy (non-hydrogen) atoms. The highest BCUT2D eigenvalue weighted by Gasteiger charge is 2.28. The van der Waals surface area contributed by atoms with Crippen LogP contribution in [0, 0.1) is 5.82 Å². The van der Waals surface area contributed by atoms with Gasteiger partial charge in [-0.05, 0) is 52.3 Å². The first-order chi connectivity index (χ1) is 9.54. The van der Waals surface area contributed by atoms with Gasteiger partial charge >= 0.3 is 0 Å². The van der Waals surface area contributed by atoms with Crippen molar-refractivity contribution in [1.82, 2.24) is 0 Å². The molecule has 102 valence electrons. The third-order valence-electron chi connectivity index (χ3n) is 3.02. The summed E-state index contributed by atoms with van der Waals surface area (Å²) < 4.78 is 13.7. The van der Waals surface area contributed by atoms with Gasteiger partial charge < -0.3 is 11.1 Å². The summed E-state index contributed by atoms with van der Waals surface area (Å²) >= 11 is 4.97. The van der Waals surface area contributed by atoms with E-state index in [0.29, 0.717) is 0 Å². The predicted octanol–water partition coefficient (Wildman–Crippen LogP) is 3.69. The fourth-order valence-corrected chi connectivity index (χ4v) is 3.46. The molecule has 0 aromatic heterocycles. The number of hydrogen-bond donors (Lipinski definition) is 2. The molecule has 0 saturated carbocycles. The van der Waals surface area contributed by atoms with Crippen LogP contribution in [0.2, 0.25) is 0 Å². The second-order valence-electron chi connectivity index (χ2n) is 4.39. The van der Waals surface area contributed by atoms with Crippen LogP contribution < -0.4 is 11.1 Å². The number of carbonyl (C=O) groups is 1. The van der Waals surface area contributed by atoms with E-state index < -0.39 is 6.04 Å². The Morgan fingerprint density at radius 3 is 2.65 bits per heavy atom. The number of benzene rings is 2. The number of nitrogens with one attached hydrogen (secondary N) is 1. The molecule has 2 aromatic carbocycles. The maximum absolute atomic E-state index is 12.9. The fraction of sp³-hybridized carbons (Fsp3) is 0.0714. The summed E-state index contributed by atoms with van der Waals surface area (Å²) in [6, 6.07) is 9.37. The zero-order valence-electron chi connectivity index (χ0n) is 10.2. The van der Waals surface area contributed by atoms with Crippen LogP contribution in [-0.4, -0.2) is 5.91 Å². The van der Waals surface area contributed by atoms with Crippen LogP contribution in [0.25, 0.3) is 0 Å². The summed E-state index contributed by atoms with van der Waals surface area (Å²) in [4.78, 5) is 13.4. The van der Waals surface area contributed by atoms with E-state index in [9.17, 15) is 9.18 Å². The van der Waals surface area contributed by atoms with E-state index >= 15 is 0 Å². The van der Waals surface area contributed by atoms with Crippen LogP contribution in [-0.2, 0) is 4.79 Å². The van der Waals surface area contributed by atoms with Crippen LogP contribution in [0.3, 0.4) is 0 Å². The maximum atomic E-state index is 12.9. The molecular weight excluding hydrogens is 343 g/mol. The normalized spacial score (nSPS) is 16.9. The number of amides is 1. The summed E-state index contributed by atoms with van der Waals surface area (Å²) in [6.07, 6.45) is 0. The Hall–Kier alpha value is -1.37. The number of halogens is 2. The quantitative estimate of drug-likeness (QED) is 0.866. The third kappa shape index (κ3) is 2.46. The molecule has 1 amide bonds. The molecule has 0 fully saturated rings. The summed E-state index contributed by atoms with van der Waals surface area (Å²) in [5, 5.41) is 2.75. The standard InChI is InChI=1S/C14H10BrFN2OS/c15-10-5-9-11(18-14(19)13(9)17)6-12(10)20-8-3-1-7(16)2-4-8/h1-6,13H,17H2,(H,18,19). The SMILES string of the molecule is NC1C(=O)Nc2cc(Sc3ccc(F)cc3)c(Br)cc21. The molecule has 3 rings (SSSR count). The van der Waals surface area contributed by atoms with Crippen molar-refractivity contribution >= 4 is 39.3 Å². The van der Waals surface area contributed by atoms with Crippen LogP contribution >= 0.6 is 27.7 Å². The lowest BCUT2D eigenvalue weighted by Gasteiger charge is -2.08. The Kier molecular flexibility index (Phi) is 3.54. The van der Waals surface area contributed by atoms with Crippen molar-refractivity contribution in [3.05, 3.63) is 52.3 Å². The number of fused-ring (bicyclic) bond motifs is 1. The number of rotatable bonds is 2. The predicted molar refractivity (Wildman–Crippen MR) is 80.2 cm³/mol. The van der Waals surface area contributed by atoms with Gasteiger partial charge in [0.2, 0.25) is 5.91 Å². The Labute approximate surface area is 127 Å². The van der Waals surface area contributed by atoms with Gasteiger partial charge in [-0.3, -0.25) is 4.79 Å². The molecule has 3 N–H and O–H groups in total. The molecule has 1 atom stereocenters. The molecule has 0 spiro atoms. The van der Waals surface area contributed by atoms with Gasteiger partial charge in [0.05, 0.1) is 0 Å². The molecule has 1 unspecified atom stereocenters. The Bertz CT molecular complexity index is 690. The van der Waals surface area contributed by atoms with Crippen molar-refractivity contribution in [3.63, 3.8) is 0 Å². The molecule has 0 saturated heterocycles. The topological polar surface area (TPSA) is 55.1 Å².